The molecule has 2 rings (SSSR count). The summed E-state index contributed by atoms with van der Waals surface area (Å²) in [5.74, 6) is -2.38. The summed E-state index contributed by atoms with van der Waals surface area (Å²) in [7, 11) is 0. The van der Waals surface area contributed by atoms with Gasteiger partial charge in [0.05, 0.1) is 19.8 Å². The van der Waals surface area contributed by atoms with E-state index < -0.39 is 74.6 Å². The first-order valence-electron chi connectivity index (χ1n) is 7.04. The molecule has 8 N–H and O–H groups in total. The van der Waals surface area contributed by atoms with Crippen molar-refractivity contribution in [2.45, 2.75) is 54.8 Å². The lowest BCUT2D eigenvalue weighted by atomic mass is 9.96. The maximum Gasteiger partial charge on any atom is 0.218 e. The zero-order valence-corrected chi connectivity index (χ0v) is 12.0. The van der Waals surface area contributed by atoms with Crippen LogP contribution in [-0.4, -0.2) is 115 Å². The number of hydrogen-bond acceptors (Lipinski definition) is 11. The molecule has 0 bridgehead atoms. The van der Waals surface area contributed by atoms with E-state index in [1.165, 1.54) is 0 Å². The molecule has 2 aliphatic heterocycles. The molecule has 0 saturated carbocycles. The van der Waals surface area contributed by atoms with Crippen LogP contribution in [0, 0.1) is 0 Å². The molecule has 0 aromatic heterocycles. The molecule has 11 heteroatoms. The molecule has 0 aromatic carbocycles. The second kappa shape index (κ2) is 7.21. The zero-order chi connectivity index (χ0) is 17.4. The van der Waals surface area contributed by atoms with Crippen molar-refractivity contribution in [2.75, 3.05) is 19.8 Å². The van der Waals surface area contributed by atoms with Crippen molar-refractivity contribution < 1.29 is 55.1 Å². The van der Waals surface area contributed by atoms with E-state index in [1.807, 2.05) is 0 Å². The highest BCUT2D eigenvalue weighted by atomic mass is 16.7. The van der Waals surface area contributed by atoms with Gasteiger partial charge in [0.2, 0.25) is 5.79 Å². The van der Waals surface area contributed by atoms with E-state index in [2.05, 4.69) is 0 Å². The van der Waals surface area contributed by atoms with Gasteiger partial charge < -0.3 is 55.1 Å². The van der Waals surface area contributed by atoms with Gasteiger partial charge in [0.15, 0.2) is 6.29 Å². The highest BCUT2D eigenvalue weighted by Crippen LogP contribution is 2.29. The molecule has 2 heterocycles. The van der Waals surface area contributed by atoms with Gasteiger partial charge in [-0.15, -0.1) is 0 Å². The number of aliphatic hydroxyl groups excluding tert-OH is 7. The summed E-state index contributed by atoms with van der Waals surface area (Å²) < 4.78 is 15.1. The normalized spacial score (nSPS) is 51.7. The Morgan fingerprint density at radius 1 is 1.00 bits per heavy atom. The number of rotatable bonds is 4. The Bertz CT molecular complexity index is 393. The summed E-state index contributed by atoms with van der Waals surface area (Å²) in [6, 6.07) is 0. The van der Waals surface area contributed by atoms with Crippen molar-refractivity contribution in [3.05, 3.63) is 0 Å². The molecular weight excluding hydrogens is 320 g/mol. The lowest BCUT2D eigenvalue weighted by Crippen LogP contribution is -2.66. The minimum absolute atomic E-state index is 0.476. The second-order valence-electron chi connectivity index (χ2n) is 5.62. The van der Waals surface area contributed by atoms with Gasteiger partial charge in [-0.2, -0.15) is 0 Å². The van der Waals surface area contributed by atoms with Crippen LogP contribution in [0.5, 0.6) is 0 Å². The summed E-state index contributed by atoms with van der Waals surface area (Å²) in [6.07, 6.45) is -12.7. The van der Waals surface area contributed by atoms with Crippen LogP contribution >= 0.6 is 0 Å². The second-order valence-corrected chi connectivity index (χ2v) is 5.62. The third-order valence-corrected chi connectivity index (χ3v) is 4.02. The van der Waals surface area contributed by atoms with E-state index >= 15 is 0 Å². The molecule has 2 saturated heterocycles. The Balaban J connectivity index is 2.12. The largest absolute Gasteiger partial charge is 0.394 e. The molecular formula is C12H22O11. The Kier molecular flexibility index (Phi) is 5.92. The first kappa shape index (κ1) is 18.9. The van der Waals surface area contributed by atoms with Crippen LogP contribution in [0.15, 0.2) is 0 Å². The van der Waals surface area contributed by atoms with E-state index in [1.54, 1.807) is 0 Å². The minimum atomic E-state index is -2.38. The van der Waals surface area contributed by atoms with Gasteiger partial charge in [0.25, 0.3) is 0 Å². The van der Waals surface area contributed by atoms with E-state index in [0.29, 0.717) is 0 Å². The average Bonchev–Trinajstić information content (AvgIpc) is 2.55. The maximum atomic E-state index is 10.00. The first-order chi connectivity index (χ1) is 10.7. The third kappa shape index (κ3) is 3.50. The van der Waals surface area contributed by atoms with Crippen LogP contribution in [0.4, 0.5) is 0 Å². The predicted octanol–water partition coefficient (Wildman–Crippen LogP) is -5.40. The SMILES string of the molecule is OC[C@H]1O[C@H](O[C@@H]2[C@@H](O)C(O)(CO)OC[C@@H]2O)[C@H](O)[C@@H](O)[C@@H]1O. The number of hydrogen-bond donors (Lipinski definition) is 8. The maximum absolute atomic E-state index is 10.00. The van der Waals surface area contributed by atoms with Crippen molar-refractivity contribution in [2.24, 2.45) is 0 Å². The van der Waals surface area contributed by atoms with Gasteiger partial charge in [-0.3, -0.25) is 0 Å². The Labute approximate surface area is 130 Å². The van der Waals surface area contributed by atoms with Crippen LogP contribution in [0.3, 0.4) is 0 Å². The van der Waals surface area contributed by atoms with E-state index in [4.69, 9.17) is 24.4 Å². The fourth-order valence-electron chi connectivity index (χ4n) is 2.52. The smallest absolute Gasteiger partial charge is 0.218 e. The molecule has 2 fully saturated rings. The molecule has 2 aliphatic rings. The molecule has 1 unspecified atom stereocenters. The summed E-state index contributed by atoms with van der Waals surface area (Å²) in [4.78, 5) is 0. The average molecular weight is 342 g/mol. The van der Waals surface area contributed by atoms with Crippen molar-refractivity contribution in [3.8, 4) is 0 Å². The van der Waals surface area contributed by atoms with Crippen LogP contribution in [-0.2, 0) is 14.2 Å². The first-order valence-corrected chi connectivity index (χ1v) is 7.04. The van der Waals surface area contributed by atoms with Gasteiger partial charge in [-0.1, -0.05) is 0 Å². The van der Waals surface area contributed by atoms with Crippen LogP contribution in [0.2, 0.25) is 0 Å². The summed E-state index contributed by atoms with van der Waals surface area (Å²) in [6.45, 7) is -2.13. The molecule has 9 atom stereocenters. The number of aliphatic hydroxyl groups is 8. The van der Waals surface area contributed by atoms with E-state index in [9.17, 15) is 30.6 Å². The monoisotopic (exact) mass is 342 g/mol. The molecule has 0 spiro atoms. The van der Waals surface area contributed by atoms with Crippen LogP contribution < -0.4 is 0 Å². The zero-order valence-electron chi connectivity index (χ0n) is 12.0. The Hall–Kier alpha value is -0.440. The Morgan fingerprint density at radius 2 is 1.65 bits per heavy atom. The van der Waals surface area contributed by atoms with Crippen molar-refractivity contribution in [1.82, 2.24) is 0 Å². The van der Waals surface area contributed by atoms with Gasteiger partial charge in [0.1, 0.15) is 42.7 Å². The summed E-state index contributed by atoms with van der Waals surface area (Å²) >= 11 is 0. The fourth-order valence-corrected chi connectivity index (χ4v) is 2.52. The van der Waals surface area contributed by atoms with Gasteiger partial charge in [-0.05, 0) is 0 Å². The molecule has 0 aromatic rings. The van der Waals surface area contributed by atoms with Crippen molar-refractivity contribution in [3.63, 3.8) is 0 Å². The van der Waals surface area contributed by atoms with Crippen molar-refractivity contribution in [1.29, 1.82) is 0 Å². The molecule has 0 radical (unpaired) electrons. The topological polar surface area (TPSA) is 190 Å². The summed E-state index contributed by atoms with van der Waals surface area (Å²) in [5.41, 5.74) is 0. The van der Waals surface area contributed by atoms with Crippen LogP contribution in [0.25, 0.3) is 0 Å². The van der Waals surface area contributed by atoms with E-state index in [-0.39, 0.29) is 0 Å². The fraction of sp³-hybridized carbons (Fsp3) is 1.00. The molecule has 0 aliphatic carbocycles. The standard InChI is InChI=1S/C12H22O11/c13-1-5-6(16)7(17)8(18)11(22-5)23-9-4(15)2-21-12(20,3-14)10(9)19/h4-11,13-20H,1-3H2/t4-,5+,6+,7-,8+,9-,10+,11+,12?/m0/s1. The highest BCUT2D eigenvalue weighted by Gasteiger charge is 2.52. The van der Waals surface area contributed by atoms with Gasteiger partial charge in [0, 0.05) is 0 Å². The molecule has 136 valence electrons. The van der Waals surface area contributed by atoms with Gasteiger partial charge >= 0.3 is 0 Å². The quantitative estimate of drug-likeness (QED) is 0.243. The third-order valence-electron chi connectivity index (χ3n) is 4.02. The summed E-state index contributed by atoms with van der Waals surface area (Å²) in [5, 5.41) is 77.1. The predicted molar refractivity (Wildman–Crippen MR) is 68.6 cm³/mol. The minimum Gasteiger partial charge on any atom is -0.394 e. The molecule has 0 amide bonds. The lowest BCUT2D eigenvalue weighted by Gasteiger charge is -2.46. The number of ether oxygens (including phenoxy) is 3. The van der Waals surface area contributed by atoms with Crippen molar-refractivity contribution >= 4 is 0 Å². The molecule has 23 heavy (non-hydrogen) atoms. The molecule has 11 nitrogen and oxygen atoms in total. The van der Waals surface area contributed by atoms with Crippen LogP contribution in [0.1, 0.15) is 0 Å². The highest BCUT2D eigenvalue weighted by molar-refractivity contribution is 4.95. The van der Waals surface area contributed by atoms with E-state index in [0.717, 1.165) is 0 Å². The van der Waals surface area contributed by atoms with Gasteiger partial charge in [-0.25, -0.2) is 0 Å². The lowest BCUT2D eigenvalue weighted by molar-refractivity contribution is -0.373. The Morgan fingerprint density at radius 3 is 2.22 bits per heavy atom.